The fourth-order valence-corrected chi connectivity index (χ4v) is 2.07. The van der Waals surface area contributed by atoms with E-state index in [0.29, 0.717) is 18.2 Å². The second-order valence-corrected chi connectivity index (χ2v) is 5.76. The van der Waals surface area contributed by atoms with Crippen LogP contribution < -0.4 is 10.6 Å². The van der Waals surface area contributed by atoms with Crippen molar-refractivity contribution >= 4 is 5.91 Å². The topological polar surface area (TPSA) is 80.0 Å². The van der Waals surface area contributed by atoms with Gasteiger partial charge in [0.2, 0.25) is 11.8 Å². The van der Waals surface area contributed by atoms with Crippen LogP contribution in [0.4, 0.5) is 0 Å². The molecule has 0 saturated heterocycles. The molecule has 1 aliphatic rings. The third-order valence-corrected chi connectivity index (χ3v) is 3.48. The van der Waals surface area contributed by atoms with Crippen LogP contribution in [0, 0.1) is 5.92 Å². The maximum Gasteiger partial charge on any atom is 0.249 e. The maximum absolute atomic E-state index is 11.9. The predicted octanol–water partition coefficient (Wildman–Crippen LogP) is 1.76. The van der Waals surface area contributed by atoms with Gasteiger partial charge in [-0.25, -0.2) is 0 Å². The van der Waals surface area contributed by atoms with E-state index in [1.807, 2.05) is 20.9 Å². The highest BCUT2D eigenvalue weighted by Gasteiger charge is 2.31. The van der Waals surface area contributed by atoms with Gasteiger partial charge in [0.15, 0.2) is 5.82 Å². The quantitative estimate of drug-likeness (QED) is 0.709. The van der Waals surface area contributed by atoms with E-state index < -0.39 is 0 Å². The monoisotopic (exact) mass is 280 g/mol. The molecule has 0 aromatic carbocycles. The van der Waals surface area contributed by atoms with Crippen LogP contribution in [-0.4, -0.2) is 29.6 Å². The summed E-state index contributed by atoms with van der Waals surface area (Å²) in [5, 5.41) is 10.1. The molecule has 0 spiro atoms. The number of carbonyl (C=O) groups is 1. The highest BCUT2D eigenvalue weighted by Crippen LogP contribution is 2.38. The molecule has 112 valence electrons. The van der Waals surface area contributed by atoms with Crippen LogP contribution in [0.1, 0.15) is 63.2 Å². The zero-order chi connectivity index (χ0) is 14.5. The molecule has 0 bridgehead atoms. The number of amides is 1. The molecule has 1 fully saturated rings. The summed E-state index contributed by atoms with van der Waals surface area (Å²) < 4.78 is 5.33. The fraction of sp³-hybridized carbons (Fsp3) is 0.786. The summed E-state index contributed by atoms with van der Waals surface area (Å²) in [4.78, 5) is 16.4. The number of nitrogens with one attached hydrogen (secondary N) is 2. The van der Waals surface area contributed by atoms with Gasteiger partial charge in [0, 0.05) is 12.3 Å². The smallest absolute Gasteiger partial charge is 0.249 e. The highest BCUT2D eigenvalue weighted by atomic mass is 16.5. The second kappa shape index (κ2) is 6.83. The molecular formula is C14H24N4O2. The highest BCUT2D eigenvalue weighted by molar-refractivity contribution is 5.76. The lowest BCUT2D eigenvalue weighted by Crippen LogP contribution is -2.32. The summed E-state index contributed by atoms with van der Waals surface area (Å²) in [6.07, 6.45) is 3.61. The lowest BCUT2D eigenvalue weighted by Gasteiger charge is -2.18. The molecule has 6 nitrogen and oxygen atoms in total. The van der Waals surface area contributed by atoms with Crippen LogP contribution in [0.15, 0.2) is 4.52 Å². The van der Waals surface area contributed by atoms with Gasteiger partial charge >= 0.3 is 0 Å². The fourth-order valence-electron chi connectivity index (χ4n) is 2.07. The molecule has 6 heteroatoms. The molecule has 2 N–H and O–H groups in total. The first-order chi connectivity index (χ1) is 9.61. The lowest BCUT2D eigenvalue weighted by molar-refractivity contribution is -0.122. The van der Waals surface area contributed by atoms with E-state index >= 15 is 0 Å². The van der Waals surface area contributed by atoms with Crippen molar-refractivity contribution in [1.29, 1.82) is 0 Å². The molecule has 1 amide bonds. The van der Waals surface area contributed by atoms with E-state index in [0.717, 1.165) is 31.6 Å². The number of hydrogen-bond acceptors (Lipinski definition) is 5. The molecule has 1 aromatic heterocycles. The van der Waals surface area contributed by atoms with E-state index in [4.69, 9.17) is 4.52 Å². The third-order valence-electron chi connectivity index (χ3n) is 3.48. The standard InChI is InChI=1S/C14H24N4O2/c1-9(2)12(16-11(19)5-4-8-15-3)14-17-13(18-20-14)10-6-7-10/h9-10,12,15H,4-8H2,1-3H3,(H,16,19). The van der Waals surface area contributed by atoms with E-state index in [1.165, 1.54) is 0 Å². The molecule has 2 rings (SSSR count). The lowest BCUT2D eigenvalue weighted by atomic mass is 10.0. The number of carbonyl (C=O) groups excluding carboxylic acids is 1. The van der Waals surface area contributed by atoms with Crippen molar-refractivity contribution in [3.05, 3.63) is 11.7 Å². The molecule has 1 aromatic rings. The number of aromatic nitrogens is 2. The van der Waals surface area contributed by atoms with Crippen LogP contribution in [-0.2, 0) is 4.79 Å². The van der Waals surface area contributed by atoms with Crippen LogP contribution in [0.25, 0.3) is 0 Å². The molecule has 20 heavy (non-hydrogen) atoms. The molecule has 1 atom stereocenters. The third kappa shape index (κ3) is 4.03. The molecule has 0 aliphatic heterocycles. The van der Waals surface area contributed by atoms with Gasteiger partial charge < -0.3 is 15.2 Å². The van der Waals surface area contributed by atoms with E-state index in [9.17, 15) is 4.79 Å². The first-order valence-corrected chi connectivity index (χ1v) is 7.39. The molecule has 1 heterocycles. The van der Waals surface area contributed by atoms with Gasteiger partial charge in [-0.05, 0) is 38.8 Å². The van der Waals surface area contributed by atoms with Crippen molar-refractivity contribution in [3.63, 3.8) is 0 Å². The van der Waals surface area contributed by atoms with Crippen LogP contribution >= 0.6 is 0 Å². The SMILES string of the molecule is CNCCCC(=O)NC(c1nc(C2CC2)no1)C(C)C. The first kappa shape index (κ1) is 15.0. The van der Waals surface area contributed by atoms with Gasteiger partial charge in [-0.15, -0.1) is 0 Å². The summed E-state index contributed by atoms with van der Waals surface area (Å²) in [5.41, 5.74) is 0. The average molecular weight is 280 g/mol. The minimum Gasteiger partial charge on any atom is -0.344 e. The summed E-state index contributed by atoms with van der Waals surface area (Å²) in [5.74, 6) is 2.03. The Labute approximate surface area is 119 Å². The van der Waals surface area contributed by atoms with Gasteiger partial charge in [-0.2, -0.15) is 4.98 Å². The predicted molar refractivity (Wildman–Crippen MR) is 75.2 cm³/mol. The van der Waals surface area contributed by atoms with E-state index in [2.05, 4.69) is 20.8 Å². The van der Waals surface area contributed by atoms with Crippen molar-refractivity contribution < 1.29 is 9.32 Å². The Morgan fingerprint density at radius 3 is 2.80 bits per heavy atom. The molecule has 0 radical (unpaired) electrons. The molecular weight excluding hydrogens is 256 g/mol. The number of nitrogens with zero attached hydrogens (tertiary/aromatic N) is 2. The normalized spacial score (nSPS) is 16.4. The zero-order valence-corrected chi connectivity index (χ0v) is 12.5. The van der Waals surface area contributed by atoms with Crippen molar-refractivity contribution in [1.82, 2.24) is 20.8 Å². The minimum atomic E-state index is -0.197. The van der Waals surface area contributed by atoms with Crippen molar-refractivity contribution in [2.45, 2.75) is 51.5 Å². The summed E-state index contributed by atoms with van der Waals surface area (Å²) in [7, 11) is 1.88. The summed E-state index contributed by atoms with van der Waals surface area (Å²) >= 11 is 0. The first-order valence-electron chi connectivity index (χ1n) is 7.39. The summed E-state index contributed by atoms with van der Waals surface area (Å²) in [6.45, 7) is 4.92. The minimum absolute atomic E-state index is 0.0325. The molecule has 1 aliphatic carbocycles. The van der Waals surface area contributed by atoms with Gasteiger partial charge in [-0.3, -0.25) is 4.79 Å². The van der Waals surface area contributed by atoms with Gasteiger partial charge in [0.1, 0.15) is 6.04 Å². The van der Waals surface area contributed by atoms with Crippen LogP contribution in [0.3, 0.4) is 0 Å². The Morgan fingerprint density at radius 1 is 1.45 bits per heavy atom. The van der Waals surface area contributed by atoms with Gasteiger partial charge in [0.25, 0.3) is 0 Å². The number of rotatable bonds is 8. The van der Waals surface area contributed by atoms with Crippen molar-refractivity contribution in [2.24, 2.45) is 5.92 Å². The van der Waals surface area contributed by atoms with E-state index in [-0.39, 0.29) is 17.9 Å². The Kier molecular flexibility index (Phi) is 5.11. The van der Waals surface area contributed by atoms with Crippen molar-refractivity contribution in [2.75, 3.05) is 13.6 Å². The van der Waals surface area contributed by atoms with Gasteiger partial charge in [-0.1, -0.05) is 19.0 Å². The molecule has 1 unspecified atom stereocenters. The van der Waals surface area contributed by atoms with Crippen molar-refractivity contribution in [3.8, 4) is 0 Å². The zero-order valence-electron chi connectivity index (χ0n) is 12.5. The molecule has 1 saturated carbocycles. The average Bonchev–Trinajstić information content (AvgIpc) is 3.15. The summed E-state index contributed by atoms with van der Waals surface area (Å²) in [6, 6.07) is -0.197. The van der Waals surface area contributed by atoms with Gasteiger partial charge in [0.05, 0.1) is 0 Å². The maximum atomic E-state index is 11.9. The van der Waals surface area contributed by atoms with E-state index in [1.54, 1.807) is 0 Å². The Hall–Kier alpha value is -1.43. The second-order valence-electron chi connectivity index (χ2n) is 5.76. The van der Waals surface area contributed by atoms with Crippen LogP contribution in [0.2, 0.25) is 0 Å². The largest absolute Gasteiger partial charge is 0.344 e. The Morgan fingerprint density at radius 2 is 2.20 bits per heavy atom. The Bertz CT molecular complexity index is 440. The number of hydrogen-bond donors (Lipinski definition) is 2. The van der Waals surface area contributed by atoms with Crippen LogP contribution in [0.5, 0.6) is 0 Å². The Balaban J connectivity index is 1.93.